The molecule has 6 heteroatoms. The SMILES string of the molecule is COc1ccc(C)cc1CC(=O)N1CCNC(=O)[C@@H](Cc2ccccc2-c2ccncc2)C1. The summed E-state index contributed by atoms with van der Waals surface area (Å²) in [6, 6.07) is 17.9. The maximum absolute atomic E-state index is 13.2. The predicted molar refractivity (Wildman–Crippen MR) is 128 cm³/mol. The van der Waals surface area contributed by atoms with Gasteiger partial charge in [-0.1, -0.05) is 42.0 Å². The van der Waals surface area contributed by atoms with Crippen LogP contribution >= 0.6 is 0 Å². The van der Waals surface area contributed by atoms with Gasteiger partial charge in [0, 0.05) is 37.6 Å². The van der Waals surface area contributed by atoms with Gasteiger partial charge in [-0.3, -0.25) is 14.6 Å². The number of methoxy groups -OCH3 is 1. The summed E-state index contributed by atoms with van der Waals surface area (Å²) in [5.74, 6) is 0.380. The average molecular weight is 444 g/mol. The molecular weight excluding hydrogens is 414 g/mol. The van der Waals surface area contributed by atoms with Gasteiger partial charge < -0.3 is 15.0 Å². The fraction of sp³-hybridized carbons (Fsp3) is 0.296. The molecule has 0 aliphatic carbocycles. The molecule has 2 amide bonds. The van der Waals surface area contributed by atoms with Crippen LogP contribution in [0, 0.1) is 12.8 Å². The average Bonchev–Trinajstić information content (AvgIpc) is 3.01. The van der Waals surface area contributed by atoms with E-state index in [1.807, 2.05) is 49.4 Å². The van der Waals surface area contributed by atoms with E-state index >= 15 is 0 Å². The first-order valence-corrected chi connectivity index (χ1v) is 11.2. The number of aromatic nitrogens is 1. The molecule has 1 aromatic heterocycles. The number of amides is 2. The van der Waals surface area contributed by atoms with Crippen LogP contribution in [0.4, 0.5) is 0 Å². The molecule has 0 saturated carbocycles. The second-order valence-corrected chi connectivity index (χ2v) is 8.42. The van der Waals surface area contributed by atoms with Crippen LogP contribution in [0.3, 0.4) is 0 Å². The van der Waals surface area contributed by atoms with E-state index in [2.05, 4.69) is 22.4 Å². The van der Waals surface area contributed by atoms with E-state index in [1.165, 1.54) is 0 Å². The van der Waals surface area contributed by atoms with Gasteiger partial charge in [-0.2, -0.15) is 0 Å². The lowest BCUT2D eigenvalue weighted by Gasteiger charge is -2.24. The highest BCUT2D eigenvalue weighted by Gasteiger charge is 2.28. The highest BCUT2D eigenvalue weighted by atomic mass is 16.5. The molecule has 33 heavy (non-hydrogen) atoms. The zero-order valence-electron chi connectivity index (χ0n) is 19.1. The molecular formula is C27H29N3O3. The number of benzene rings is 2. The Morgan fingerprint density at radius 1 is 1.12 bits per heavy atom. The van der Waals surface area contributed by atoms with Crippen molar-refractivity contribution < 1.29 is 14.3 Å². The topological polar surface area (TPSA) is 71.5 Å². The fourth-order valence-electron chi connectivity index (χ4n) is 4.38. The van der Waals surface area contributed by atoms with Crippen LogP contribution in [0.15, 0.2) is 67.0 Å². The number of aryl methyl sites for hydroxylation is 1. The minimum Gasteiger partial charge on any atom is -0.496 e. The van der Waals surface area contributed by atoms with Crippen molar-refractivity contribution in [2.75, 3.05) is 26.7 Å². The van der Waals surface area contributed by atoms with Gasteiger partial charge in [-0.15, -0.1) is 0 Å². The van der Waals surface area contributed by atoms with Gasteiger partial charge in [0.25, 0.3) is 0 Å². The highest BCUT2D eigenvalue weighted by molar-refractivity contribution is 5.84. The number of hydrogen-bond acceptors (Lipinski definition) is 4. The van der Waals surface area contributed by atoms with Crippen LogP contribution in [-0.2, 0) is 22.4 Å². The summed E-state index contributed by atoms with van der Waals surface area (Å²) < 4.78 is 5.44. The van der Waals surface area contributed by atoms with Crippen LogP contribution < -0.4 is 10.1 Å². The monoisotopic (exact) mass is 443 g/mol. The minimum atomic E-state index is -0.321. The van der Waals surface area contributed by atoms with Crippen molar-refractivity contribution in [2.45, 2.75) is 19.8 Å². The van der Waals surface area contributed by atoms with Gasteiger partial charge in [0.2, 0.25) is 11.8 Å². The first-order valence-electron chi connectivity index (χ1n) is 11.2. The standard InChI is InChI=1S/C27H29N3O3/c1-19-7-8-25(33-2)22(15-19)17-26(31)30-14-13-29-27(32)23(18-30)16-21-5-3-4-6-24(21)20-9-11-28-12-10-20/h3-12,15,23H,13-14,16-18H2,1-2H3,(H,29,32)/t23-/m0/s1. The molecule has 6 nitrogen and oxygen atoms in total. The molecule has 0 spiro atoms. The van der Waals surface area contributed by atoms with Gasteiger partial charge in [0.05, 0.1) is 19.4 Å². The minimum absolute atomic E-state index is 0.00261. The summed E-state index contributed by atoms with van der Waals surface area (Å²) in [7, 11) is 1.61. The molecule has 0 bridgehead atoms. The zero-order valence-corrected chi connectivity index (χ0v) is 19.1. The van der Waals surface area contributed by atoms with Crippen molar-refractivity contribution in [3.63, 3.8) is 0 Å². The van der Waals surface area contributed by atoms with Crippen molar-refractivity contribution in [2.24, 2.45) is 5.92 Å². The lowest BCUT2D eigenvalue weighted by atomic mass is 9.91. The van der Waals surface area contributed by atoms with E-state index in [0.29, 0.717) is 31.8 Å². The lowest BCUT2D eigenvalue weighted by molar-refractivity contribution is -0.131. The smallest absolute Gasteiger partial charge is 0.227 e. The van der Waals surface area contributed by atoms with Crippen molar-refractivity contribution in [1.29, 1.82) is 0 Å². The molecule has 0 radical (unpaired) electrons. The number of hydrogen-bond donors (Lipinski definition) is 1. The van der Waals surface area contributed by atoms with Crippen LogP contribution in [0.2, 0.25) is 0 Å². The quantitative estimate of drug-likeness (QED) is 0.634. The molecule has 1 N–H and O–H groups in total. The molecule has 3 aromatic rings. The number of carbonyl (C=O) groups is 2. The lowest BCUT2D eigenvalue weighted by Crippen LogP contribution is -2.38. The Morgan fingerprint density at radius 2 is 1.91 bits per heavy atom. The van der Waals surface area contributed by atoms with Gasteiger partial charge in [-0.25, -0.2) is 0 Å². The molecule has 1 saturated heterocycles. The Hall–Kier alpha value is -3.67. The van der Waals surface area contributed by atoms with Crippen LogP contribution in [-0.4, -0.2) is 48.4 Å². The van der Waals surface area contributed by atoms with E-state index in [0.717, 1.165) is 27.8 Å². The Kier molecular flexibility index (Phi) is 7.03. The Bertz CT molecular complexity index is 1130. The summed E-state index contributed by atoms with van der Waals surface area (Å²) in [5, 5.41) is 2.99. The number of nitrogens with one attached hydrogen (secondary N) is 1. The molecule has 1 aliphatic rings. The van der Waals surface area contributed by atoms with Crippen molar-refractivity contribution in [3.05, 3.63) is 83.7 Å². The van der Waals surface area contributed by atoms with Gasteiger partial charge in [-0.05, 0) is 48.2 Å². The third kappa shape index (κ3) is 5.40. The van der Waals surface area contributed by atoms with Crippen LogP contribution in [0.5, 0.6) is 5.75 Å². The predicted octanol–water partition coefficient (Wildman–Crippen LogP) is 3.43. The molecule has 2 aromatic carbocycles. The van der Waals surface area contributed by atoms with Gasteiger partial charge >= 0.3 is 0 Å². The number of ether oxygens (including phenoxy) is 1. The zero-order chi connectivity index (χ0) is 23.2. The molecule has 1 fully saturated rings. The third-order valence-corrected chi connectivity index (χ3v) is 6.10. The molecule has 2 heterocycles. The van der Waals surface area contributed by atoms with E-state index < -0.39 is 0 Å². The number of carbonyl (C=O) groups excluding carboxylic acids is 2. The summed E-state index contributed by atoms with van der Waals surface area (Å²) in [6.45, 7) is 3.35. The van der Waals surface area contributed by atoms with Crippen molar-refractivity contribution in [1.82, 2.24) is 15.2 Å². The molecule has 1 atom stereocenters. The number of rotatable bonds is 6. The number of nitrogens with zero attached hydrogens (tertiary/aromatic N) is 2. The van der Waals surface area contributed by atoms with E-state index in [1.54, 1.807) is 24.4 Å². The largest absolute Gasteiger partial charge is 0.496 e. The summed E-state index contributed by atoms with van der Waals surface area (Å²) in [6.07, 6.45) is 4.34. The van der Waals surface area contributed by atoms with Gasteiger partial charge in [0.15, 0.2) is 0 Å². The highest BCUT2D eigenvalue weighted by Crippen LogP contribution is 2.26. The summed E-state index contributed by atoms with van der Waals surface area (Å²) in [5.41, 5.74) is 5.18. The van der Waals surface area contributed by atoms with Crippen molar-refractivity contribution >= 4 is 11.8 Å². The Balaban J connectivity index is 1.53. The maximum atomic E-state index is 13.2. The molecule has 170 valence electrons. The molecule has 0 unspecified atom stereocenters. The van der Waals surface area contributed by atoms with Crippen LogP contribution in [0.1, 0.15) is 16.7 Å². The normalized spacial score (nSPS) is 16.1. The Labute approximate surface area is 194 Å². The Morgan fingerprint density at radius 3 is 2.70 bits per heavy atom. The van der Waals surface area contributed by atoms with E-state index in [4.69, 9.17) is 4.74 Å². The first-order chi connectivity index (χ1) is 16.0. The molecule has 4 rings (SSSR count). The fourth-order valence-corrected chi connectivity index (χ4v) is 4.38. The van der Waals surface area contributed by atoms with Gasteiger partial charge in [0.1, 0.15) is 5.75 Å². The number of pyridine rings is 1. The molecule has 1 aliphatic heterocycles. The second kappa shape index (κ2) is 10.3. The van der Waals surface area contributed by atoms with Crippen LogP contribution in [0.25, 0.3) is 11.1 Å². The van der Waals surface area contributed by atoms with E-state index in [-0.39, 0.29) is 24.2 Å². The summed E-state index contributed by atoms with van der Waals surface area (Å²) >= 11 is 0. The maximum Gasteiger partial charge on any atom is 0.227 e. The third-order valence-electron chi connectivity index (χ3n) is 6.10. The second-order valence-electron chi connectivity index (χ2n) is 8.42. The van der Waals surface area contributed by atoms with Crippen molar-refractivity contribution in [3.8, 4) is 16.9 Å². The first kappa shape index (κ1) is 22.5. The van der Waals surface area contributed by atoms with E-state index in [9.17, 15) is 9.59 Å². The summed E-state index contributed by atoms with van der Waals surface area (Å²) in [4.78, 5) is 32.0.